The van der Waals surface area contributed by atoms with Crippen molar-refractivity contribution in [3.05, 3.63) is 48.0 Å². The molecule has 1 aromatic carbocycles. The summed E-state index contributed by atoms with van der Waals surface area (Å²) >= 11 is 0. The number of aliphatic carboxylic acids is 1. The topological polar surface area (TPSA) is 63.6 Å². The lowest BCUT2D eigenvalue weighted by atomic mass is 9.73. The van der Waals surface area contributed by atoms with Gasteiger partial charge in [-0.05, 0) is 39.2 Å². The third-order valence-electron chi connectivity index (χ3n) is 3.54. The molecule has 4 nitrogen and oxygen atoms in total. The molecule has 0 radical (unpaired) electrons. The van der Waals surface area contributed by atoms with Gasteiger partial charge < -0.3 is 9.84 Å². The highest BCUT2D eigenvalue weighted by Gasteiger charge is 2.40. The lowest BCUT2D eigenvalue weighted by Gasteiger charge is -2.30. The van der Waals surface area contributed by atoms with Crippen molar-refractivity contribution in [2.45, 2.75) is 51.6 Å². The third kappa shape index (κ3) is 4.20. The van der Waals surface area contributed by atoms with Crippen LogP contribution < -0.4 is 0 Å². The zero-order valence-electron chi connectivity index (χ0n) is 13.7. The van der Waals surface area contributed by atoms with E-state index in [1.165, 1.54) is 0 Å². The first-order valence-electron chi connectivity index (χ1n) is 7.32. The van der Waals surface area contributed by atoms with Gasteiger partial charge in [-0.25, -0.2) is 4.79 Å². The van der Waals surface area contributed by atoms with Crippen molar-refractivity contribution < 1.29 is 19.4 Å². The van der Waals surface area contributed by atoms with Crippen LogP contribution in [0.25, 0.3) is 0 Å². The Labute approximate surface area is 131 Å². The van der Waals surface area contributed by atoms with Gasteiger partial charge in [0.05, 0.1) is 5.41 Å². The first-order valence-corrected chi connectivity index (χ1v) is 7.32. The summed E-state index contributed by atoms with van der Waals surface area (Å²) in [5.41, 5.74) is -0.974. The van der Waals surface area contributed by atoms with Gasteiger partial charge in [0.15, 0.2) is 0 Å². The molecule has 1 N–H and O–H groups in total. The van der Waals surface area contributed by atoms with Gasteiger partial charge in [0, 0.05) is 5.57 Å². The van der Waals surface area contributed by atoms with E-state index in [0.29, 0.717) is 12.0 Å². The Balaban J connectivity index is 3.08. The molecule has 1 atom stereocenters. The Hall–Kier alpha value is -2.10. The molecule has 0 heterocycles. The zero-order chi connectivity index (χ0) is 17.0. The first-order chi connectivity index (χ1) is 10.1. The highest BCUT2D eigenvalue weighted by Crippen LogP contribution is 2.35. The Kier molecular flexibility index (Phi) is 5.53. The second-order valence-corrected chi connectivity index (χ2v) is 6.39. The van der Waals surface area contributed by atoms with Gasteiger partial charge in [-0.2, -0.15) is 0 Å². The first kappa shape index (κ1) is 18.0. The number of hydrogen-bond donors (Lipinski definition) is 1. The van der Waals surface area contributed by atoms with Crippen LogP contribution in [0.5, 0.6) is 0 Å². The second kappa shape index (κ2) is 6.77. The number of ether oxygens (including phenoxy) is 1. The van der Waals surface area contributed by atoms with Gasteiger partial charge in [0.25, 0.3) is 0 Å². The average molecular weight is 304 g/mol. The van der Waals surface area contributed by atoms with Crippen LogP contribution in [0.2, 0.25) is 0 Å². The van der Waals surface area contributed by atoms with Crippen molar-refractivity contribution in [3.63, 3.8) is 0 Å². The van der Waals surface area contributed by atoms with Gasteiger partial charge in [-0.3, -0.25) is 4.79 Å². The van der Waals surface area contributed by atoms with Gasteiger partial charge in [0.2, 0.25) is 0 Å². The standard InChI is InChI=1S/C18H24O4/c1-6-18(16(20)21,14-10-8-7-9-11-14)12-13(2)15(19)22-17(3,4)5/h7-11H,2,6,12H2,1,3-5H3,(H,20,21). The molecule has 0 aliphatic rings. The van der Waals surface area contributed by atoms with E-state index in [0.717, 1.165) is 0 Å². The van der Waals surface area contributed by atoms with E-state index in [-0.39, 0.29) is 12.0 Å². The van der Waals surface area contributed by atoms with Crippen LogP contribution in [-0.2, 0) is 19.7 Å². The lowest BCUT2D eigenvalue weighted by Crippen LogP contribution is -2.37. The van der Waals surface area contributed by atoms with Crippen molar-refractivity contribution in [2.75, 3.05) is 0 Å². The predicted octanol–water partition coefficient (Wildman–Crippen LogP) is 3.71. The summed E-state index contributed by atoms with van der Waals surface area (Å²) in [4.78, 5) is 24.0. The molecule has 0 spiro atoms. The normalized spacial score (nSPS) is 14.0. The molecule has 1 rings (SSSR count). The van der Waals surface area contributed by atoms with Gasteiger partial charge in [-0.1, -0.05) is 43.8 Å². The number of carbonyl (C=O) groups excluding carboxylic acids is 1. The molecule has 0 bridgehead atoms. The Bertz CT molecular complexity index is 554. The Morgan fingerprint density at radius 2 is 1.73 bits per heavy atom. The van der Waals surface area contributed by atoms with Crippen molar-refractivity contribution in [2.24, 2.45) is 0 Å². The minimum absolute atomic E-state index is 0.0256. The minimum Gasteiger partial charge on any atom is -0.481 e. The molecule has 0 amide bonds. The fraction of sp³-hybridized carbons (Fsp3) is 0.444. The van der Waals surface area contributed by atoms with Gasteiger partial charge >= 0.3 is 11.9 Å². The summed E-state index contributed by atoms with van der Waals surface area (Å²) < 4.78 is 5.27. The average Bonchev–Trinajstić information content (AvgIpc) is 2.43. The molecule has 120 valence electrons. The summed E-state index contributed by atoms with van der Waals surface area (Å²) in [6.07, 6.45) is 0.381. The Morgan fingerprint density at radius 1 is 1.18 bits per heavy atom. The molecule has 22 heavy (non-hydrogen) atoms. The molecule has 1 aromatic rings. The summed E-state index contributed by atoms with van der Waals surface area (Å²) in [5, 5.41) is 9.75. The summed E-state index contributed by atoms with van der Waals surface area (Å²) in [6, 6.07) is 8.94. The quantitative estimate of drug-likeness (QED) is 0.643. The van der Waals surface area contributed by atoms with Crippen LogP contribution in [-0.4, -0.2) is 22.6 Å². The van der Waals surface area contributed by atoms with Crippen LogP contribution in [0.4, 0.5) is 0 Å². The molecular weight excluding hydrogens is 280 g/mol. The van der Waals surface area contributed by atoms with Crippen LogP contribution >= 0.6 is 0 Å². The number of carboxylic acid groups (broad SMARTS) is 1. The summed E-state index contributed by atoms with van der Waals surface area (Å²) in [5.74, 6) is -1.52. The molecule has 0 aliphatic heterocycles. The Morgan fingerprint density at radius 3 is 2.14 bits per heavy atom. The minimum atomic E-state index is -1.17. The van der Waals surface area contributed by atoms with E-state index < -0.39 is 23.0 Å². The predicted molar refractivity (Wildman–Crippen MR) is 85.6 cm³/mol. The zero-order valence-corrected chi connectivity index (χ0v) is 13.7. The summed E-state index contributed by atoms with van der Waals surface area (Å²) in [7, 11) is 0. The maximum Gasteiger partial charge on any atom is 0.333 e. The molecule has 0 saturated heterocycles. The van der Waals surface area contributed by atoms with Crippen molar-refractivity contribution in [3.8, 4) is 0 Å². The van der Waals surface area contributed by atoms with E-state index in [4.69, 9.17) is 4.74 Å². The van der Waals surface area contributed by atoms with E-state index in [1.54, 1.807) is 52.0 Å². The van der Waals surface area contributed by atoms with Crippen molar-refractivity contribution in [1.82, 2.24) is 0 Å². The SMILES string of the molecule is C=C(CC(CC)(C(=O)O)c1ccccc1)C(=O)OC(C)(C)C. The fourth-order valence-corrected chi connectivity index (χ4v) is 2.33. The van der Waals surface area contributed by atoms with E-state index in [1.807, 2.05) is 6.07 Å². The lowest BCUT2D eigenvalue weighted by molar-refractivity contribution is -0.150. The van der Waals surface area contributed by atoms with E-state index >= 15 is 0 Å². The summed E-state index contributed by atoms with van der Waals surface area (Å²) in [6.45, 7) is 10.8. The van der Waals surface area contributed by atoms with Crippen LogP contribution in [0, 0.1) is 0 Å². The maximum atomic E-state index is 12.1. The monoisotopic (exact) mass is 304 g/mol. The van der Waals surface area contributed by atoms with Crippen molar-refractivity contribution >= 4 is 11.9 Å². The van der Waals surface area contributed by atoms with E-state index in [2.05, 4.69) is 6.58 Å². The van der Waals surface area contributed by atoms with E-state index in [9.17, 15) is 14.7 Å². The number of carboxylic acids is 1. The number of rotatable bonds is 6. The molecule has 4 heteroatoms. The van der Waals surface area contributed by atoms with Gasteiger partial charge in [-0.15, -0.1) is 0 Å². The van der Waals surface area contributed by atoms with Crippen LogP contribution in [0.3, 0.4) is 0 Å². The highest BCUT2D eigenvalue weighted by atomic mass is 16.6. The third-order valence-corrected chi connectivity index (χ3v) is 3.54. The number of carbonyl (C=O) groups is 2. The molecule has 0 aliphatic carbocycles. The molecular formula is C18H24O4. The maximum absolute atomic E-state index is 12.1. The number of benzene rings is 1. The largest absolute Gasteiger partial charge is 0.481 e. The number of hydrogen-bond acceptors (Lipinski definition) is 3. The van der Waals surface area contributed by atoms with Crippen LogP contribution in [0.1, 0.15) is 46.1 Å². The molecule has 1 unspecified atom stereocenters. The van der Waals surface area contributed by atoms with Crippen molar-refractivity contribution in [1.29, 1.82) is 0 Å². The smallest absolute Gasteiger partial charge is 0.333 e. The highest BCUT2D eigenvalue weighted by molar-refractivity contribution is 5.91. The second-order valence-electron chi connectivity index (χ2n) is 6.39. The molecule has 0 fully saturated rings. The molecule has 0 aromatic heterocycles. The fourth-order valence-electron chi connectivity index (χ4n) is 2.33. The van der Waals surface area contributed by atoms with Gasteiger partial charge in [0.1, 0.15) is 5.60 Å². The van der Waals surface area contributed by atoms with Crippen LogP contribution in [0.15, 0.2) is 42.5 Å². The molecule has 0 saturated carbocycles. The number of esters is 1.